The molecule has 0 aliphatic carbocycles. The van der Waals surface area contributed by atoms with E-state index < -0.39 is 0 Å². The van der Waals surface area contributed by atoms with Crippen LogP contribution in [0.15, 0.2) is 18.3 Å². The van der Waals surface area contributed by atoms with Gasteiger partial charge >= 0.3 is 6.03 Å². The molecule has 2 N–H and O–H groups in total. The third kappa shape index (κ3) is 3.59. The first-order valence-electron chi connectivity index (χ1n) is 6.98. The molecule has 1 saturated heterocycles. The lowest BCUT2D eigenvalue weighted by Crippen LogP contribution is -2.36. The lowest BCUT2D eigenvalue weighted by molar-refractivity contribution is 0.249. The molecule has 2 amide bonds. The fraction of sp³-hybridized carbons (Fsp3) is 0.571. The second-order valence-electron chi connectivity index (χ2n) is 4.98. The van der Waals surface area contributed by atoms with Crippen LogP contribution in [0.2, 0.25) is 0 Å². The number of hydrogen-bond acceptors (Lipinski definition) is 3. The molecule has 2 heterocycles. The second kappa shape index (κ2) is 6.41. The summed E-state index contributed by atoms with van der Waals surface area (Å²) in [7, 11) is 0. The van der Waals surface area contributed by atoms with Crippen molar-refractivity contribution in [3.63, 3.8) is 0 Å². The summed E-state index contributed by atoms with van der Waals surface area (Å²) in [6, 6.07) is 3.75. The molecular weight excluding hydrogens is 240 g/mol. The standard InChI is InChI=1S/C14H22N4O/c1-3-11(2)16-14(19)17-12-7-6-8-15-13(12)18-9-4-5-10-18/h6-8,11H,3-5,9-10H2,1-2H3,(H2,16,17,19)/t11-/m1/s1. The molecule has 2 rings (SSSR count). The number of amides is 2. The number of rotatable bonds is 4. The molecule has 104 valence electrons. The minimum absolute atomic E-state index is 0.164. The van der Waals surface area contributed by atoms with Crippen molar-refractivity contribution in [2.45, 2.75) is 39.2 Å². The minimum Gasteiger partial charge on any atom is -0.355 e. The Morgan fingerprint density at radius 1 is 1.47 bits per heavy atom. The highest BCUT2D eigenvalue weighted by molar-refractivity contribution is 5.92. The van der Waals surface area contributed by atoms with Crippen LogP contribution in [0.5, 0.6) is 0 Å². The lowest BCUT2D eigenvalue weighted by Gasteiger charge is -2.20. The molecule has 0 radical (unpaired) electrons. The number of aromatic nitrogens is 1. The van der Waals surface area contributed by atoms with Crippen LogP contribution in [0.1, 0.15) is 33.1 Å². The lowest BCUT2D eigenvalue weighted by atomic mass is 10.3. The van der Waals surface area contributed by atoms with Crippen molar-refractivity contribution in [3.05, 3.63) is 18.3 Å². The van der Waals surface area contributed by atoms with Crippen molar-refractivity contribution in [1.29, 1.82) is 0 Å². The van der Waals surface area contributed by atoms with Gasteiger partial charge in [0.2, 0.25) is 0 Å². The Hall–Kier alpha value is -1.78. The van der Waals surface area contributed by atoms with Gasteiger partial charge in [-0.2, -0.15) is 0 Å². The van der Waals surface area contributed by atoms with Crippen LogP contribution in [0.3, 0.4) is 0 Å². The monoisotopic (exact) mass is 262 g/mol. The maximum absolute atomic E-state index is 11.9. The van der Waals surface area contributed by atoms with E-state index in [0.717, 1.165) is 31.0 Å². The van der Waals surface area contributed by atoms with Gasteiger partial charge < -0.3 is 15.5 Å². The number of pyridine rings is 1. The van der Waals surface area contributed by atoms with Gasteiger partial charge in [0.1, 0.15) is 0 Å². The molecule has 0 unspecified atom stereocenters. The van der Waals surface area contributed by atoms with Crippen molar-refractivity contribution < 1.29 is 4.79 Å². The topological polar surface area (TPSA) is 57.3 Å². The first-order chi connectivity index (χ1) is 9.20. The number of nitrogens with zero attached hydrogens (tertiary/aromatic N) is 2. The number of anilines is 2. The Labute approximate surface area is 114 Å². The molecular formula is C14H22N4O. The number of carbonyl (C=O) groups excluding carboxylic acids is 1. The van der Waals surface area contributed by atoms with Crippen LogP contribution in [0.25, 0.3) is 0 Å². The van der Waals surface area contributed by atoms with Gasteiger partial charge in [-0.3, -0.25) is 0 Å². The Morgan fingerprint density at radius 3 is 2.89 bits per heavy atom. The largest absolute Gasteiger partial charge is 0.355 e. The summed E-state index contributed by atoms with van der Waals surface area (Å²) < 4.78 is 0. The van der Waals surface area contributed by atoms with E-state index in [1.807, 2.05) is 26.0 Å². The SMILES string of the molecule is CC[C@@H](C)NC(=O)Nc1cccnc1N1CCCC1. The summed E-state index contributed by atoms with van der Waals surface area (Å²) in [4.78, 5) is 18.5. The first-order valence-corrected chi connectivity index (χ1v) is 6.98. The van der Waals surface area contributed by atoms with E-state index in [2.05, 4.69) is 20.5 Å². The molecule has 0 aromatic carbocycles. The summed E-state index contributed by atoms with van der Waals surface area (Å²) >= 11 is 0. The zero-order valence-electron chi connectivity index (χ0n) is 11.6. The van der Waals surface area contributed by atoms with Crippen molar-refractivity contribution in [1.82, 2.24) is 10.3 Å². The zero-order valence-corrected chi connectivity index (χ0v) is 11.6. The molecule has 19 heavy (non-hydrogen) atoms. The normalized spacial score (nSPS) is 16.2. The van der Waals surface area contributed by atoms with Gasteiger partial charge in [-0.15, -0.1) is 0 Å². The maximum Gasteiger partial charge on any atom is 0.319 e. The van der Waals surface area contributed by atoms with Crippen LogP contribution in [0, 0.1) is 0 Å². The number of urea groups is 1. The molecule has 5 nitrogen and oxygen atoms in total. The molecule has 5 heteroatoms. The number of hydrogen-bond donors (Lipinski definition) is 2. The zero-order chi connectivity index (χ0) is 13.7. The Kier molecular flexibility index (Phi) is 4.60. The Balaban J connectivity index is 2.05. The summed E-state index contributed by atoms with van der Waals surface area (Å²) in [5.74, 6) is 0.874. The molecule has 1 aliphatic heterocycles. The fourth-order valence-electron chi connectivity index (χ4n) is 2.16. The maximum atomic E-state index is 11.9. The number of nitrogens with one attached hydrogen (secondary N) is 2. The van der Waals surface area contributed by atoms with E-state index in [1.54, 1.807) is 6.20 Å². The van der Waals surface area contributed by atoms with Crippen molar-refractivity contribution in [3.8, 4) is 0 Å². The summed E-state index contributed by atoms with van der Waals surface area (Å²) in [5.41, 5.74) is 0.783. The summed E-state index contributed by atoms with van der Waals surface area (Å²) in [5, 5.41) is 5.80. The second-order valence-corrected chi connectivity index (χ2v) is 4.98. The highest BCUT2D eigenvalue weighted by Gasteiger charge is 2.18. The van der Waals surface area contributed by atoms with Gasteiger partial charge in [0.25, 0.3) is 0 Å². The van der Waals surface area contributed by atoms with Gasteiger partial charge in [-0.05, 0) is 38.3 Å². The van der Waals surface area contributed by atoms with Crippen LogP contribution in [-0.2, 0) is 0 Å². The van der Waals surface area contributed by atoms with Gasteiger partial charge in [0, 0.05) is 25.3 Å². The van der Waals surface area contributed by atoms with Crippen LogP contribution in [0.4, 0.5) is 16.3 Å². The number of carbonyl (C=O) groups is 1. The van der Waals surface area contributed by atoms with Crippen molar-refractivity contribution >= 4 is 17.5 Å². The average molecular weight is 262 g/mol. The van der Waals surface area contributed by atoms with Gasteiger partial charge in [0.05, 0.1) is 5.69 Å². The van der Waals surface area contributed by atoms with E-state index in [9.17, 15) is 4.79 Å². The van der Waals surface area contributed by atoms with Crippen LogP contribution in [-0.4, -0.2) is 30.1 Å². The minimum atomic E-state index is -0.164. The molecule has 1 fully saturated rings. The van der Waals surface area contributed by atoms with E-state index in [4.69, 9.17) is 0 Å². The highest BCUT2D eigenvalue weighted by atomic mass is 16.2. The van der Waals surface area contributed by atoms with Gasteiger partial charge in [-0.25, -0.2) is 9.78 Å². The Bertz CT molecular complexity index is 429. The first kappa shape index (κ1) is 13.6. The van der Waals surface area contributed by atoms with Crippen LogP contribution >= 0.6 is 0 Å². The third-order valence-corrected chi connectivity index (χ3v) is 3.43. The predicted molar refractivity (Wildman–Crippen MR) is 77.6 cm³/mol. The quantitative estimate of drug-likeness (QED) is 0.877. The van der Waals surface area contributed by atoms with Crippen molar-refractivity contribution in [2.24, 2.45) is 0 Å². The highest BCUT2D eigenvalue weighted by Crippen LogP contribution is 2.25. The van der Waals surface area contributed by atoms with E-state index >= 15 is 0 Å². The van der Waals surface area contributed by atoms with E-state index in [-0.39, 0.29) is 12.1 Å². The summed E-state index contributed by atoms with van der Waals surface area (Å²) in [6.07, 6.45) is 5.06. The smallest absolute Gasteiger partial charge is 0.319 e. The molecule has 0 spiro atoms. The van der Waals surface area contributed by atoms with Crippen LogP contribution < -0.4 is 15.5 Å². The molecule has 1 aromatic rings. The Morgan fingerprint density at radius 2 is 2.21 bits per heavy atom. The fourth-order valence-corrected chi connectivity index (χ4v) is 2.16. The van der Waals surface area contributed by atoms with Gasteiger partial charge in [0.15, 0.2) is 5.82 Å². The molecule has 0 saturated carbocycles. The van der Waals surface area contributed by atoms with Gasteiger partial charge in [-0.1, -0.05) is 6.92 Å². The molecule has 0 bridgehead atoms. The van der Waals surface area contributed by atoms with E-state index in [1.165, 1.54) is 12.8 Å². The molecule has 1 aliphatic rings. The molecule has 1 aromatic heterocycles. The third-order valence-electron chi connectivity index (χ3n) is 3.43. The average Bonchev–Trinajstić information content (AvgIpc) is 2.93. The van der Waals surface area contributed by atoms with E-state index in [0.29, 0.717) is 0 Å². The van der Waals surface area contributed by atoms with Crippen molar-refractivity contribution in [2.75, 3.05) is 23.3 Å². The summed E-state index contributed by atoms with van der Waals surface area (Å²) in [6.45, 7) is 6.06. The molecule has 1 atom stereocenters. The predicted octanol–water partition coefficient (Wildman–Crippen LogP) is 2.60.